The molecule has 16 heavy (non-hydrogen) atoms. The SMILES string of the molecule is CCCC(C)(C)NC/C=C(/CC)C(=O)OC. The fourth-order valence-corrected chi connectivity index (χ4v) is 1.67. The van der Waals surface area contributed by atoms with Gasteiger partial charge in [0.1, 0.15) is 0 Å². The van der Waals surface area contributed by atoms with Crippen molar-refractivity contribution in [3.63, 3.8) is 0 Å². The maximum atomic E-state index is 11.3. The lowest BCUT2D eigenvalue weighted by Crippen LogP contribution is -2.39. The van der Waals surface area contributed by atoms with E-state index in [1.54, 1.807) is 0 Å². The normalized spacial score (nSPS) is 12.7. The van der Waals surface area contributed by atoms with Crippen LogP contribution in [0, 0.1) is 0 Å². The maximum Gasteiger partial charge on any atom is 0.333 e. The molecule has 0 aromatic carbocycles. The van der Waals surface area contributed by atoms with Gasteiger partial charge in [-0.05, 0) is 26.7 Å². The lowest BCUT2D eigenvalue weighted by molar-refractivity contribution is -0.136. The van der Waals surface area contributed by atoms with Crippen LogP contribution in [0.2, 0.25) is 0 Å². The topological polar surface area (TPSA) is 38.3 Å². The van der Waals surface area contributed by atoms with Crippen LogP contribution in [0.15, 0.2) is 11.6 Å². The summed E-state index contributed by atoms with van der Waals surface area (Å²) in [6, 6.07) is 0. The average molecular weight is 227 g/mol. The second-order valence-corrected chi connectivity index (χ2v) is 4.59. The fraction of sp³-hybridized carbons (Fsp3) is 0.769. The van der Waals surface area contributed by atoms with Crippen molar-refractivity contribution in [2.45, 2.75) is 52.5 Å². The van der Waals surface area contributed by atoms with Crippen molar-refractivity contribution < 1.29 is 9.53 Å². The summed E-state index contributed by atoms with van der Waals surface area (Å²) in [6.07, 6.45) is 4.91. The lowest BCUT2D eigenvalue weighted by atomic mass is 9.99. The van der Waals surface area contributed by atoms with Crippen LogP contribution in [0.4, 0.5) is 0 Å². The van der Waals surface area contributed by atoms with Crippen molar-refractivity contribution in [2.75, 3.05) is 13.7 Å². The second-order valence-electron chi connectivity index (χ2n) is 4.59. The highest BCUT2D eigenvalue weighted by atomic mass is 16.5. The molecule has 0 unspecified atom stereocenters. The predicted octanol–water partition coefficient (Wildman–Crippen LogP) is 2.66. The van der Waals surface area contributed by atoms with E-state index >= 15 is 0 Å². The maximum absolute atomic E-state index is 11.3. The zero-order valence-electron chi connectivity index (χ0n) is 11.2. The zero-order chi connectivity index (χ0) is 12.6. The van der Waals surface area contributed by atoms with Crippen LogP contribution in [0.3, 0.4) is 0 Å². The van der Waals surface area contributed by atoms with E-state index in [2.05, 4.69) is 26.1 Å². The first kappa shape index (κ1) is 15.2. The Balaban J connectivity index is 4.20. The van der Waals surface area contributed by atoms with Crippen LogP contribution in [0.1, 0.15) is 47.0 Å². The highest BCUT2D eigenvalue weighted by Gasteiger charge is 2.14. The van der Waals surface area contributed by atoms with Crippen LogP contribution >= 0.6 is 0 Å². The largest absolute Gasteiger partial charge is 0.466 e. The van der Waals surface area contributed by atoms with E-state index in [9.17, 15) is 4.79 Å². The molecule has 0 rings (SSSR count). The number of carbonyl (C=O) groups excluding carboxylic acids is 1. The minimum absolute atomic E-state index is 0.125. The highest BCUT2D eigenvalue weighted by molar-refractivity contribution is 5.88. The molecular weight excluding hydrogens is 202 g/mol. The van der Waals surface area contributed by atoms with Crippen LogP contribution in [-0.4, -0.2) is 25.2 Å². The summed E-state index contributed by atoms with van der Waals surface area (Å²) in [5, 5.41) is 3.42. The Labute approximate surface area is 99.3 Å². The number of carbonyl (C=O) groups is 1. The molecule has 0 aliphatic heterocycles. The molecular formula is C13H25NO2. The van der Waals surface area contributed by atoms with Gasteiger partial charge in [-0.15, -0.1) is 0 Å². The standard InChI is InChI=1S/C13H25NO2/c1-6-9-13(3,4)14-10-8-11(7-2)12(15)16-5/h8,14H,6-7,9-10H2,1-5H3/b11-8-. The highest BCUT2D eigenvalue weighted by Crippen LogP contribution is 2.10. The third kappa shape index (κ3) is 5.91. The van der Waals surface area contributed by atoms with Crippen molar-refractivity contribution in [1.82, 2.24) is 5.32 Å². The van der Waals surface area contributed by atoms with Crippen LogP contribution in [0.5, 0.6) is 0 Å². The summed E-state index contributed by atoms with van der Waals surface area (Å²) in [5.41, 5.74) is 0.863. The van der Waals surface area contributed by atoms with Gasteiger partial charge < -0.3 is 10.1 Å². The molecule has 0 heterocycles. The van der Waals surface area contributed by atoms with Gasteiger partial charge in [0.15, 0.2) is 0 Å². The summed E-state index contributed by atoms with van der Waals surface area (Å²) in [4.78, 5) is 11.3. The molecule has 0 aromatic rings. The summed E-state index contributed by atoms with van der Waals surface area (Å²) in [6.45, 7) is 9.19. The van der Waals surface area contributed by atoms with Gasteiger partial charge in [-0.3, -0.25) is 0 Å². The molecule has 0 atom stereocenters. The van der Waals surface area contributed by atoms with Gasteiger partial charge in [0.25, 0.3) is 0 Å². The average Bonchev–Trinajstić information content (AvgIpc) is 2.23. The first-order valence-corrected chi connectivity index (χ1v) is 5.99. The number of nitrogens with one attached hydrogen (secondary N) is 1. The summed E-state index contributed by atoms with van der Waals surface area (Å²) >= 11 is 0. The molecule has 0 bridgehead atoms. The molecule has 0 fully saturated rings. The number of ether oxygens (including phenoxy) is 1. The lowest BCUT2D eigenvalue weighted by Gasteiger charge is -2.25. The van der Waals surface area contributed by atoms with Gasteiger partial charge in [-0.1, -0.05) is 26.3 Å². The van der Waals surface area contributed by atoms with Crippen molar-refractivity contribution in [3.05, 3.63) is 11.6 Å². The number of hydrogen-bond donors (Lipinski definition) is 1. The van der Waals surface area contributed by atoms with E-state index < -0.39 is 0 Å². The Morgan fingerprint density at radius 2 is 2.00 bits per heavy atom. The summed E-state index contributed by atoms with van der Waals surface area (Å²) in [5.74, 6) is -0.224. The quantitative estimate of drug-likeness (QED) is 0.537. The Morgan fingerprint density at radius 3 is 2.44 bits per heavy atom. The van der Waals surface area contributed by atoms with Crippen LogP contribution in [0.25, 0.3) is 0 Å². The number of hydrogen-bond acceptors (Lipinski definition) is 3. The Morgan fingerprint density at radius 1 is 1.38 bits per heavy atom. The third-order valence-electron chi connectivity index (χ3n) is 2.63. The second kappa shape index (κ2) is 7.44. The van der Waals surface area contributed by atoms with Gasteiger partial charge in [0.05, 0.1) is 7.11 Å². The third-order valence-corrected chi connectivity index (χ3v) is 2.63. The monoisotopic (exact) mass is 227 g/mol. The smallest absolute Gasteiger partial charge is 0.333 e. The zero-order valence-corrected chi connectivity index (χ0v) is 11.2. The molecule has 94 valence electrons. The minimum atomic E-state index is -0.224. The van der Waals surface area contributed by atoms with E-state index in [4.69, 9.17) is 4.74 Å². The van der Waals surface area contributed by atoms with Gasteiger partial charge in [-0.25, -0.2) is 4.79 Å². The summed E-state index contributed by atoms with van der Waals surface area (Å²) in [7, 11) is 1.42. The van der Waals surface area contributed by atoms with Gasteiger partial charge >= 0.3 is 5.97 Å². The van der Waals surface area contributed by atoms with Gasteiger partial charge in [0.2, 0.25) is 0 Å². The number of rotatable bonds is 7. The summed E-state index contributed by atoms with van der Waals surface area (Å²) < 4.78 is 4.70. The van der Waals surface area contributed by atoms with Crippen molar-refractivity contribution >= 4 is 5.97 Å². The molecule has 3 nitrogen and oxygen atoms in total. The van der Waals surface area contributed by atoms with Gasteiger partial charge in [0, 0.05) is 17.7 Å². The molecule has 0 saturated carbocycles. The predicted molar refractivity (Wildman–Crippen MR) is 67.4 cm³/mol. The molecule has 0 aromatic heterocycles. The van der Waals surface area contributed by atoms with Crippen molar-refractivity contribution in [2.24, 2.45) is 0 Å². The van der Waals surface area contributed by atoms with E-state index in [-0.39, 0.29) is 11.5 Å². The molecule has 0 spiro atoms. The van der Waals surface area contributed by atoms with Crippen molar-refractivity contribution in [1.29, 1.82) is 0 Å². The molecule has 0 saturated heterocycles. The Kier molecular flexibility index (Phi) is 7.06. The van der Waals surface area contributed by atoms with Gasteiger partial charge in [-0.2, -0.15) is 0 Å². The molecule has 0 radical (unpaired) electrons. The van der Waals surface area contributed by atoms with E-state index in [0.717, 1.165) is 18.4 Å². The Hall–Kier alpha value is -0.830. The fourth-order valence-electron chi connectivity index (χ4n) is 1.67. The van der Waals surface area contributed by atoms with E-state index in [0.29, 0.717) is 13.0 Å². The number of esters is 1. The van der Waals surface area contributed by atoms with Crippen LogP contribution < -0.4 is 5.32 Å². The van der Waals surface area contributed by atoms with E-state index in [1.165, 1.54) is 7.11 Å². The molecule has 0 aliphatic carbocycles. The van der Waals surface area contributed by atoms with E-state index in [1.807, 2.05) is 13.0 Å². The molecule has 0 amide bonds. The molecule has 3 heteroatoms. The molecule has 0 aliphatic rings. The van der Waals surface area contributed by atoms with Crippen LogP contribution in [-0.2, 0) is 9.53 Å². The number of methoxy groups -OCH3 is 1. The first-order valence-electron chi connectivity index (χ1n) is 5.99. The molecule has 1 N–H and O–H groups in total. The first-order chi connectivity index (χ1) is 7.46. The van der Waals surface area contributed by atoms with Crippen molar-refractivity contribution in [3.8, 4) is 0 Å². The Bertz CT molecular complexity index is 244. The minimum Gasteiger partial charge on any atom is -0.466 e.